The van der Waals surface area contributed by atoms with Crippen molar-refractivity contribution in [2.75, 3.05) is 0 Å². The van der Waals surface area contributed by atoms with E-state index < -0.39 is 4.33 Å². The number of allylic oxidation sites excluding steroid dienone is 2. The van der Waals surface area contributed by atoms with Gasteiger partial charge in [0.05, 0.1) is 0 Å². The number of halogens is 2. The molecule has 0 radical (unpaired) electrons. The molecule has 0 N–H and O–H groups in total. The molecule has 0 aliphatic heterocycles. The number of hydrogen-bond donors (Lipinski definition) is 0. The van der Waals surface area contributed by atoms with Gasteiger partial charge in [0, 0.05) is 5.56 Å². The molecule has 108 valence electrons. The fourth-order valence-electron chi connectivity index (χ4n) is 3.08. The lowest BCUT2D eigenvalue weighted by molar-refractivity contribution is 1.02. The average Bonchev–Trinajstić information content (AvgIpc) is 2.77. The SMILES string of the molecule is CC1=C(C)c2c(C(Cl)(Cl)c3ccccc3)ccc(C)c2C1. The molecule has 0 saturated carbocycles. The van der Waals surface area contributed by atoms with E-state index in [1.165, 1.54) is 27.8 Å². The standard InChI is InChI=1S/C19H18Cl2/c1-12-9-10-17(18-14(3)13(2)11-16(12)18)19(20,21)15-7-5-4-6-8-15/h4-10H,11H2,1-3H3. The summed E-state index contributed by atoms with van der Waals surface area (Å²) in [5, 5.41) is 0. The molecule has 0 spiro atoms. The summed E-state index contributed by atoms with van der Waals surface area (Å²) in [5.74, 6) is 0. The second-order valence-corrected chi connectivity index (χ2v) is 7.13. The van der Waals surface area contributed by atoms with Gasteiger partial charge in [0.15, 0.2) is 4.33 Å². The number of fused-ring (bicyclic) bond motifs is 1. The Morgan fingerprint density at radius 1 is 0.905 bits per heavy atom. The average molecular weight is 317 g/mol. The van der Waals surface area contributed by atoms with Crippen LogP contribution in [0.25, 0.3) is 5.57 Å². The van der Waals surface area contributed by atoms with Gasteiger partial charge >= 0.3 is 0 Å². The largest absolute Gasteiger partial charge is 0.168 e. The first-order valence-electron chi connectivity index (χ1n) is 7.16. The Balaban J connectivity index is 2.24. The van der Waals surface area contributed by atoms with E-state index in [-0.39, 0.29) is 0 Å². The predicted molar refractivity (Wildman–Crippen MR) is 92.1 cm³/mol. The predicted octanol–water partition coefficient (Wildman–Crippen LogP) is 6.02. The number of rotatable bonds is 2. The maximum absolute atomic E-state index is 6.78. The van der Waals surface area contributed by atoms with E-state index in [1.807, 2.05) is 30.3 Å². The first-order valence-corrected chi connectivity index (χ1v) is 7.91. The van der Waals surface area contributed by atoms with Crippen LogP contribution in [0.1, 0.15) is 41.7 Å². The van der Waals surface area contributed by atoms with Gasteiger partial charge in [-0.2, -0.15) is 0 Å². The molecule has 1 aliphatic rings. The first-order chi connectivity index (χ1) is 9.93. The zero-order valence-electron chi connectivity index (χ0n) is 12.5. The minimum atomic E-state index is -1.02. The lowest BCUT2D eigenvalue weighted by Crippen LogP contribution is -2.15. The highest BCUT2D eigenvalue weighted by Crippen LogP contribution is 2.47. The summed E-state index contributed by atoms with van der Waals surface area (Å²) in [4.78, 5) is 0. The second-order valence-electron chi connectivity index (χ2n) is 5.81. The minimum Gasteiger partial charge on any atom is -0.0909 e. The van der Waals surface area contributed by atoms with Gasteiger partial charge in [-0.25, -0.2) is 0 Å². The third kappa shape index (κ3) is 2.31. The summed E-state index contributed by atoms with van der Waals surface area (Å²) in [7, 11) is 0. The molecular formula is C19H18Cl2. The van der Waals surface area contributed by atoms with Crippen LogP contribution in [0.15, 0.2) is 48.0 Å². The molecule has 0 fully saturated rings. The molecule has 0 nitrogen and oxygen atoms in total. The topological polar surface area (TPSA) is 0 Å². The maximum atomic E-state index is 6.78. The number of alkyl halides is 2. The van der Waals surface area contributed by atoms with Crippen LogP contribution in [-0.4, -0.2) is 0 Å². The Hall–Kier alpha value is -1.24. The van der Waals surface area contributed by atoms with Gasteiger partial charge in [0.25, 0.3) is 0 Å². The van der Waals surface area contributed by atoms with Gasteiger partial charge in [-0.3, -0.25) is 0 Å². The monoisotopic (exact) mass is 316 g/mol. The summed E-state index contributed by atoms with van der Waals surface area (Å²) in [5.41, 5.74) is 8.53. The van der Waals surface area contributed by atoms with Crippen LogP contribution in [0.3, 0.4) is 0 Å². The summed E-state index contributed by atoms with van der Waals surface area (Å²) in [6, 6.07) is 14.1. The molecular weight excluding hydrogens is 299 g/mol. The number of hydrogen-bond acceptors (Lipinski definition) is 0. The van der Waals surface area contributed by atoms with E-state index in [9.17, 15) is 0 Å². The van der Waals surface area contributed by atoms with Gasteiger partial charge < -0.3 is 0 Å². The van der Waals surface area contributed by atoms with Crippen LogP contribution < -0.4 is 0 Å². The highest BCUT2D eigenvalue weighted by atomic mass is 35.5. The third-order valence-electron chi connectivity index (χ3n) is 4.48. The smallest absolute Gasteiger partial charge is 0.0909 e. The van der Waals surface area contributed by atoms with Crippen molar-refractivity contribution in [1.82, 2.24) is 0 Å². The first kappa shape index (κ1) is 14.7. The summed E-state index contributed by atoms with van der Waals surface area (Å²) in [6.45, 7) is 6.51. The lowest BCUT2D eigenvalue weighted by atomic mass is 9.91. The minimum absolute atomic E-state index is 0.914. The highest BCUT2D eigenvalue weighted by Gasteiger charge is 2.34. The quantitative estimate of drug-likeness (QED) is 0.594. The van der Waals surface area contributed by atoms with Crippen LogP contribution in [-0.2, 0) is 10.8 Å². The third-order valence-corrected chi connectivity index (χ3v) is 5.32. The van der Waals surface area contributed by atoms with Crippen molar-refractivity contribution in [1.29, 1.82) is 0 Å². The van der Waals surface area contributed by atoms with Crippen molar-refractivity contribution in [3.8, 4) is 0 Å². The van der Waals surface area contributed by atoms with Crippen molar-refractivity contribution in [2.45, 2.75) is 31.5 Å². The van der Waals surface area contributed by atoms with Crippen molar-refractivity contribution < 1.29 is 0 Å². The normalized spacial score (nSPS) is 14.5. The molecule has 2 heteroatoms. The van der Waals surface area contributed by atoms with Crippen molar-refractivity contribution in [3.05, 3.63) is 75.9 Å². The van der Waals surface area contributed by atoms with Gasteiger partial charge in [0.1, 0.15) is 0 Å². The molecule has 3 rings (SSSR count). The van der Waals surface area contributed by atoms with E-state index in [2.05, 4.69) is 32.9 Å². The van der Waals surface area contributed by atoms with E-state index in [1.54, 1.807) is 0 Å². The van der Waals surface area contributed by atoms with Gasteiger partial charge in [0.2, 0.25) is 0 Å². The fourth-order valence-corrected chi connectivity index (χ4v) is 3.65. The Morgan fingerprint density at radius 2 is 1.57 bits per heavy atom. The lowest BCUT2D eigenvalue weighted by Gasteiger charge is -2.25. The Bertz CT molecular complexity index is 725. The van der Waals surface area contributed by atoms with Gasteiger partial charge in [-0.05, 0) is 55.0 Å². The van der Waals surface area contributed by atoms with Crippen molar-refractivity contribution in [2.24, 2.45) is 0 Å². The van der Waals surface area contributed by atoms with Crippen LogP contribution in [0.5, 0.6) is 0 Å². The van der Waals surface area contributed by atoms with Gasteiger partial charge in [-0.15, -0.1) is 0 Å². The molecule has 21 heavy (non-hydrogen) atoms. The Labute approximate surface area is 136 Å². The summed E-state index contributed by atoms with van der Waals surface area (Å²) < 4.78 is -1.02. The van der Waals surface area contributed by atoms with Crippen molar-refractivity contribution in [3.63, 3.8) is 0 Å². The Morgan fingerprint density at radius 3 is 2.24 bits per heavy atom. The Kier molecular flexibility index (Phi) is 3.63. The molecule has 0 unspecified atom stereocenters. The fraction of sp³-hybridized carbons (Fsp3) is 0.263. The summed E-state index contributed by atoms with van der Waals surface area (Å²) >= 11 is 13.6. The van der Waals surface area contributed by atoms with Crippen molar-refractivity contribution >= 4 is 28.8 Å². The van der Waals surface area contributed by atoms with Crippen LogP contribution >= 0.6 is 23.2 Å². The van der Waals surface area contributed by atoms with E-state index in [4.69, 9.17) is 23.2 Å². The number of benzene rings is 2. The molecule has 0 amide bonds. The van der Waals surface area contributed by atoms with E-state index in [0.717, 1.165) is 17.5 Å². The molecule has 0 bridgehead atoms. The van der Waals surface area contributed by atoms with Crippen LogP contribution in [0.4, 0.5) is 0 Å². The van der Waals surface area contributed by atoms with Crippen LogP contribution in [0, 0.1) is 6.92 Å². The highest BCUT2D eigenvalue weighted by molar-refractivity contribution is 6.50. The van der Waals surface area contributed by atoms with E-state index in [0.29, 0.717) is 0 Å². The molecule has 0 atom stereocenters. The summed E-state index contributed by atoms with van der Waals surface area (Å²) in [6.07, 6.45) is 0.999. The van der Waals surface area contributed by atoms with Crippen LogP contribution in [0.2, 0.25) is 0 Å². The molecule has 0 aromatic heterocycles. The number of aryl methyl sites for hydroxylation is 1. The molecule has 0 heterocycles. The molecule has 2 aromatic carbocycles. The van der Waals surface area contributed by atoms with Gasteiger partial charge in [-0.1, -0.05) is 71.2 Å². The molecule has 1 aliphatic carbocycles. The zero-order chi connectivity index (χ0) is 15.2. The molecule has 0 saturated heterocycles. The maximum Gasteiger partial charge on any atom is 0.168 e. The van der Waals surface area contributed by atoms with E-state index >= 15 is 0 Å². The molecule has 2 aromatic rings. The zero-order valence-corrected chi connectivity index (χ0v) is 14.0. The second kappa shape index (κ2) is 5.19.